The second-order valence-electron chi connectivity index (χ2n) is 4.89. The fourth-order valence-corrected chi connectivity index (χ4v) is 1.83. The zero-order chi connectivity index (χ0) is 13.5. The largest absolute Gasteiger partial charge is 0.305 e. The molecule has 1 aliphatic rings. The van der Waals surface area contributed by atoms with E-state index in [2.05, 4.69) is 57.7 Å². The number of hydrogen-bond donors (Lipinski definition) is 1. The van der Waals surface area contributed by atoms with Gasteiger partial charge in [0.15, 0.2) is 0 Å². The van der Waals surface area contributed by atoms with Crippen molar-refractivity contribution in [1.29, 1.82) is 5.41 Å². The van der Waals surface area contributed by atoms with Gasteiger partial charge in [-0.1, -0.05) is 55.0 Å². The highest BCUT2D eigenvalue weighted by atomic mass is 14.4. The molecule has 0 heterocycles. The van der Waals surface area contributed by atoms with Gasteiger partial charge in [-0.2, -0.15) is 0 Å². The van der Waals surface area contributed by atoms with E-state index < -0.39 is 0 Å². The summed E-state index contributed by atoms with van der Waals surface area (Å²) < 4.78 is 0. The van der Waals surface area contributed by atoms with Crippen molar-refractivity contribution in [2.24, 2.45) is 5.92 Å². The summed E-state index contributed by atoms with van der Waals surface area (Å²) in [6.45, 7) is 10.1. The molecule has 18 heavy (non-hydrogen) atoms. The average Bonchev–Trinajstić information content (AvgIpc) is 2.59. The van der Waals surface area contributed by atoms with Crippen LogP contribution in [0.5, 0.6) is 0 Å². The molecule has 1 aliphatic carbocycles. The van der Waals surface area contributed by atoms with E-state index in [4.69, 9.17) is 5.41 Å². The lowest BCUT2D eigenvalue weighted by atomic mass is 9.92. The van der Waals surface area contributed by atoms with Crippen LogP contribution in [0.1, 0.15) is 33.6 Å². The Kier molecular flexibility index (Phi) is 5.57. The highest BCUT2D eigenvalue weighted by Crippen LogP contribution is 2.24. The first-order valence-electron chi connectivity index (χ1n) is 6.45. The van der Waals surface area contributed by atoms with E-state index in [1.54, 1.807) is 6.08 Å². The molecule has 0 bridgehead atoms. The van der Waals surface area contributed by atoms with E-state index in [9.17, 15) is 0 Å². The minimum atomic E-state index is 0.404. The summed E-state index contributed by atoms with van der Waals surface area (Å²) in [5.41, 5.74) is 4.61. The van der Waals surface area contributed by atoms with Crippen LogP contribution >= 0.6 is 0 Å². The molecular formula is C17H23N. The van der Waals surface area contributed by atoms with E-state index in [1.807, 2.05) is 0 Å². The molecule has 1 nitrogen and oxygen atoms in total. The predicted molar refractivity (Wildman–Crippen MR) is 81.1 cm³/mol. The topological polar surface area (TPSA) is 23.9 Å². The molecule has 0 fully saturated rings. The van der Waals surface area contributed by atoms with E-state index in [-0.39, 0.29) is 0 Å². The van der Waals surface area contributed by atoms with E-state index >= 15 is 0 Å². The molecule has 0 amide bonds. The third-order valence-electron chi connectivity index (χ3n) is 3.38. The fraction of sp³-hybridized carbons (Fsp3) is 0.353. The summed E-state index contributed by atoms with van der Waals surface area (Å²) >= 11 is 0. The lowest BCUT2D eigenvalue weighted by Crippen LogP contribution is -2.00. The molecule has 1 heteroatoms. The van der Waals surface area contributed by atoms with Gasteiger partial charge in [-0.25, -0.2) is 0 Å². The number of rotatable bonds is 5. The molecule has 0 aromatic heterocycles. The Morgan fingerprint density at radius 1 is 1.50 bits per heavy atom. The summed E-state index contributed by atoms with van der Waals surface area (Å²) in [5, 5.41) is 7.58. The molecule has 1 unspecified atom stereocenters. The van der Waals surface area contributed by atoms with Gasteiger partial charge in [-0.15, -0.1) is 0 Å². The Morgan fingerprint density at radius 3 is 2.89 bits per heavy atom. The molecule has 0 radical (unpaired) electrons. The molecular weight excluding hydrogens is 218 g/mol. The molecule has 0 saturated heterocycles. The third-order valence-corrected chi connectivity index (χ3v) is 3.38. The van der Waals surface area contributed by atoms with Gasteiger partial charge in [0.1, 0.15) is 0 Å². The van der Waals surface area contributed by atoms with Crippen molar-refractivity contribution in [1.82, 2.24) is 0 Å². The zero-order valence-corrected chi connectivity index (χ0v) is 11.7. The van der Waals surface area contributed by atoms with Crippen LogP contribution in [0.2, 0.25) is 0 Å². The van der Waals surface area contributed by atoms with Crippen molar-refractivity contribution < 1.29 is 0 Å². The van der Waals surface area contributed by atoms with Gasteiger partial charge in [0.2, 0.25) is 0 Å². The van der Waals surface area contributed by atoms with Gasteiger partial charge in [0, 0.05) is 18.1 Å². The number of allylic oxidation sites excluding steroid dienone is 9. The van der Waals surface area contributed by atoms with Gasteiger partial charge in [-0.05, 0) is 31.9 Å². The molecule has 0 aromatic carbocycles. The molecule has 0 aliphatic heterocycles. The lowest BCUT2D eigenvalue weighted by Gasteiger charge is -2.13. The molecule has 1 atom stereocenters. The minimum absolute atomic E-state index is 0.404. The van der Waals surface area contributed by atoms with Gasteiger partial charge < -0.3 is 5.41 Å². The first-order valence-corrected chi connectivity index (χ1v) is 6.45. The molecule has 1 rings (SSSR count). The highest BCUT2D eigenvalue weighted by molar-refractivity contribution is 5.92. The first-order chi connectivity index (χ1) is 8.54. The Bertz CT molecular complexity index is 444. The van der Waals surface area contributed by atoms with E-state index in [0.29, 0.717) is 18.1 Å². The predicted octanol–water partition coefficient (Wildman–Crippen LogP) is 5.00. The van der Waals surface area contributed by atoms with Crippen molar-refractivity contribution in [2.75, 3.05) is 0 Å². The van der Waals surface area contributed by atoms with Crippen LogP contribution < -0.4 is 0 Å². The van der Waals surface area contributed by atoms with Crippen molar-refractivity contribution in [3.05, 3.63) is 59.8 Å². The maximum absolute atomic E-state index is 7.58. The van der Waals surface area contributed by atoms with Crippen LogP contribution in [0, 0.1) is 11.3 Å². The Balaban J connectivity index is 2.77. The van der Waals surface area contributed by atoms with Crippen molar-refractivity contribution >= 4 is 5.71 Å². The van der Waals surface area contributed by atoms with Gasteiger partial charge in [0.05, 0.1) is 0 Å². The average molecular weight is 241 g/mol. The highest BCUT2D eigenvalue weighted by Gasteiger charge is 2.08. The second kappa shape index (κ2) is 6.95. The Morgan fingerprint density at radius 2 is 2.22 bits per heavy atom. The fourth-order valence-electron chi connectivity index (χ4n) is 1.83. The maximum Gasteiger partial charge on any atom is 0.0345 e. The summed E-state index contributed by atoms with van der Waals surface area (Å²) in [6, 6.07) is 0. The lowest BCUT2D eigenvalue weighted by molar-refractivity contribution is 0.818. The van der Waals surface area contributed by atoms with Gasteiger partial charge in [-0.3, -0.25) is 0 Å². The monoisotopic (exact) mass is 241 g/mol. The summed E-state index contributed by atoms with van der Waals surface area (Å²) in [4.78, 5) is 0. The summed E-state index contributed by atoms with van der Waals surface area (Å²) in [5.74, 6) is 0.404. The van der Waals surface area contributed by atoms with Crippen LogP contribution in [-0.4, -0.2) is 5.71 Å². The van der Waals surface area contributed by atoms with Crippen molar-refractivity contribution in [3.63, 3.8) is 0 Å². The summed E-state index contributed by atoms with van der Waals surface area (Å²) in [7, 11) is 0. The SMILES string of the molecule is C=CC(=N)C/C=C(\C)C(C)C1=CC=C(C)CC=C1. The second-order valence-corrected chi connectivity index (χ2v) is 4.89. The third kappa shape index (κ3) is 4.33. The quantitative estimate of drug-likeness (QED) is 0.517. The normalized spacial score (nSPS) is 17.6. The van der Waals surface area contributed by atoms with E-state index in [1.165, 1.54) is 16.7 Å². The van der Waals surface area contributed by atoms with Gasteiger partial charge >= 0.3 is 0 Å². The molecule has 0 saturated carbocycles. The Labute approximate surface area is 111 Å². The van der Waals surface area contributed by atoms with E-state index in [0.717, 1.165) is 6.42 Å². The van der Waals surface area contributed by atoms with Crippen LogP contribution in [-0.2, 0) is 0 Å². The number of hydrogen-bond acceptors (Lipinski definition) is 1. The minimum Gasteiger partial charge on any atom is -0.305 e. The van der Waals surface area contributed by atoms with Crippen LogP contribution in [0.4, 0.5) is 0 Å². The van der Waals surface area contributed by atoms with Gasteiger partial charge in [0.25, 0.3) is 0 Å². The molecule has 96 valence electrons. The molecule has 1 N–H and O–H groups in total. The smallest absolute Gasteiger partial charge is 0.0345 e. The standard InChI is InChI=1S/C17H23N/c1-5-17(18)12-10-14(3)15(4)16-8-6-7-13(2)9-11-16/h5-6,8-11,15,18H,1,7,12H2,2-4H3/b14-10+,18-17?. The molecule has 0 aromatic rings. The molecule has 0 spiro atoms. The summed E-state index contributed by atoms with van der Waals surface area (Å²) in [6.07, 6.45) is 14.3. The van der Waals surface area contributed by atoms with Crippen LogP contribution in [0.25, 0.3) is 0 Å². The van der Waals surface area contributed by atoms with Crippen molar-refractivity contribution in [3.8, 4) is 0 Å². The first kappa shape index (κ1) is 14.4. The van der Waals surface area contributed by atoms with Crippen LogP contribution in [0.3, 0.4) is 0 Å². The zero-order valence-electron chi connectivity index (χ0n) is 11.7. The van der Waals surface area contributed by atoms with Crippen molar-refractivity contribution in [2.45, 2.75) is 33.6 Å². The number of nitrogens with one attached hydrogen (secondary N) is 1. The maximum atomic E-state index is 7.58. The van der Waals surface area contributed by atoms with Crippen LogP contribution in [0.15, 0.2) is 59.8 Å². The Hall–Kier alpha value is -1.63.